The number of amides is 2. The molecular formula is C27H25N3O5S. The van der Waals surface area contributed by atoms with Crippen LogP contribution < -0.4 is 15.4 Å². The van der Waals surface area contributed by atoms with E-state index in [1.54, 1.807) is 61.5 Å². The zero-order valence-corrected chi connectivity index (χ0v) is 20.6. The molecule has 1 aromatic heterocycles. The number of aryl methyl sites for hydroxylation is 2. The Bertz CT molecular complexity index is 1490. The molecule has 3 N–H and O–H groups in total. The molecular weight excluding hydrogens is 478 g/mol. The number of furan rings is 1. The van der Waals surface area contributed by atoms with Gasteiger partial charge in [0.2, 0.25) is 0 Å². The monoisotopic (exact) mass is 503 g/mol. The number of para-hydroxylation sites is 1. The predicted molar refractivity (Wildman–Crippen MR) is 137 cm³/mol. The van der Waals surface area contributed by atoms with E-state index in [2.05, 4.69) is 15.4 Å². The third kappa shape index (κ3) is 5.81. The normalized spacial score (nSPS) is 11.1. The second-order valence-corrected chi connectivity index (χ2v) is 9.89. The van der Waals surface area contributed by atoms with E-state index in [1.807, 2.05) is 6.92 Å². The first-order valence-corrected chi connectivity index (χ1v) is 12.6. The number of rotatable bonds is 8. The Hall–Kier alpha value is -4.37. The summed E-state index contributed by atoms with van der Waals surface area (Å²) in [4.78, 5) is 25.8. The molecule has 36 heavy (non-hydrogen) atoms. The number of benzene rings is 3. The number of hydrogen-bond donors (Lipinski definition) is 3. The van der Waals surface area contributed by atoms with Gasteiger partial charge in [-0.2, -0.15) is 0 Å². The highest BCUT2D eigenvalue weighted by Crippen LogP contribution is 2.23. The maximum Gasteiger partial charge on any atom is 0.261 e. The molecule has 2 amide bonds. The smallest absolute Gasteiger partial charge is 0.261 e. The van der Waals surface area contributed by atoms with Crippen molar-refractivity contribution in [2.75, 3.05) is 10.0 Å². The highest BCUT2D eigenvalue weighted by Gasteiger charge is 2.18. The van der Waals surface area contributed by atoms with Crippen LogP contribution in [0.4, 0.5) is 11.4 Å². The van der Waals surface area contributed by atoms with Gasteiger partial charge in [0.1, 0.15) is 5.76 Å². The minimum atomic E-state index is -3.77. The number of hydrogen-bond acceptors (Lipinski definition) is 5. The Morgan fingerprint density at radius 2 is 1.58 bits per heavy atom. The topological polar surface area (TPSA) is 118 Å². The van der Waals surface area contributed by atoms with Crippen LogP contribution in [0.3, 0.4) is 0 Å². The summed E-state index contributed by atoms with van der Waals surface area (Å²) >= 11 is 0. The van der Waals surface area contributed by atoms with E-state index in [0.717, 1.165) is 5.56 Å². The summed E-state index contributed by atoms with van der Waals surface area (Å²) in [5.74, 6) is -0.185. The lowest BCUT2D eigenvalue weighted by Crippen LogP contribution is -2.24. The van der Waals surface area contributed by atoms with Crippen LogP contribution in [-0.4, -0.2) is 20.2 Å². The third-order valence-electron chi connectivity index (χ3n) is 5.49. The van der Waals surface area contributed by atoms with E-state index in [-0.39, 0.29) is 17.3 Å². The van der Waals surface area contributed by atoms with E-state index in [1.165, 1.54) is 30.5 Å². The van der Waals surface area contributed by atoms with Crippen LogP contribution in [0.25, 0.3) is 0 Å². The molecule has 0 atom stereocenters. The quantitative estimate of drug-likeness (QED) is 0.317. The lowest BCUT2D eigenvalue weighted by atomic mass is 10.1. The molecule has 8 nitrogen and oxygen atoms in total. The summed E-state index contributed by atoms with van der Waals surface area (Å²) in [6, 6.07) is 21.3. The zero-order chi connectivity index (χ0) is 25.7. The minimum absolute atomic E-state index is 0.149. The standard InChI is InChI=1S/C27H25N3O5S/c1-18-9-12-22(13-10-18)36(33,34)30-24-14-11-20(16-19(24)2)26(31)29-25-8-4-3-7-23(25)27(32)28-17-21-6-5-15-35-21/h3-16,30H,17H2,1-2H3,(H,28,32)(H,29,31). The molecule has 0 saturated carbocycles. The van der Waals surface area contributed by atoms with Crippen molar-refractivity contribution >= 4 is 33.2 Å². The summed E-state index contributed by atoms with van der Waals surface area (Å²) in [6.07, 6.45) is 1.52. The van der Waals surface area contributed by atoms with Gasteiger partial charge >= 0.3 is 0 Å². The first kappa shape index (κ1) is 24.7. The molecule has 0 fully saturated rings. The maximum absolute atomic E-state index is 12.9. The fraction of sp³-hybridized carbons (Fsp3) is 0.111. The number of carbonyl (C=O) groups is 2. The van der Waals surface area contributed by atoms with E-state index in [4.69, 9.17) is 4.42 Å². The number of sulfonamides is 1. The summed E-state index contributed by atoms with van der Waals surface area (Å²) in [5.41, 5.74) is 2.86. The molecule has 1 heterocycles. The van der Waals surface area contributed by atoms with Crippen LogP contribution >= 0.6 is 0 Å². The van der Waals surface area contributed by atoms with E-state index < -0.39 is 15.9 Å². The summed E-state index contributed by atoms with van der Waals surface area (Å²) < 4.78 is 33.2. The van der Waals surface area contributed by atoms with Crippen LogP contribution in [0.2, 0.25) is 0 Å². The van der Waals surface area contributed by atoms with Gasteiger partial charge in [-0.1, -0.05) is 29.8 Å². The van der Waals surface area contributed by atoms with Crippen molar-refractivity contribution in [1.29, 1.82) is 0 Å². The first-order valence-electron chi connectivity index (χ1n) is 11.1. The van der Waals surface area contributed by atoms with Crippen LogP contribution in [0.1, 0.15) is 37.6 Å². The minimum Gasteiger partial charge on any atom is -0.467 e. The highest BCUT2D eigenvalue weighted by molar-refractivity contribution is 7.92. The molecule has 0 radical (unpaired) electrons. The van der Waals surface area contributed by atoms with Gasteiger partial charge in [-0.15, -0.1) is 0 Å². The van der Waals surface area contributed by atoms with Gasteiger partial charge < -0.3 is 15.1 Å². The Kier molecular flexibility index (Phi) is 7.21. The fourth-order valence-corrected chi connectivity index (χ4v) is 4.63. The lowest BCUT2D eigenvalue weighted by molar-refractivity contribution is 0.0949. The van der Waals surface area contributed by atoms with Gasteiger partial charge in [0.15, 0.2) is 0 Å². The Balaban J connectivity index is 1.47. The van der Waals surface area contributed by atoms with Gasteiger partial charge in [-0.05, 0) is 74.0 Å². The molecule has 3 aromatic carbocycles. The van der Waals surface area contributed by atoms with Gasteiger partial charge in [0, 0.05) is 5.56 Å². The second kappa shape index (κ2) is 10.5. The molecule has 0 aliphatic carbocycles. The molecule has 9 heteroatoms. The summed E-state index contributed by atoms with van der Waals surface area (Å²) in [6.45, 7) is 3.80. The Morgan fingerprint density at radius 3 is 2.28 bits per heavy atom. The van der Waals surface area contributed by atoms with Crippen LogP contribution in [0.15, 0.2) is 94.4 Å². The van der Waals surface area contributed by atoms with Crippen molar-refractivity contribution in [2.24, 2.45) is 0 Å². The Labute approximate surface area is 209 Å². The van der Waals surface area contributed by atoms with Crippen LogP contribution in [0, 0.1) is 13.8 Å². The van der Waals surface area contributed by atoms with Crippen LogP contribution in [-0.2, 0) is 16.6 Å². The summed E-state index contributed by atoms with van der Waals surface area (Å²) in [7, 11) is -3.77. The SMILES string of the molecule is Cc1ccc(S(=O)(=O)Nc2ccc(C(=O)Nc3ccccc3C(=O)NCc3ccco3)cc2C)cc1. The van der Waals surface area contributed by atoms with Crippen molar-refractivity contribution in [3.8, 4) is 0 Å². The first-order chi connectivity index (χ1) is 17.2. The molecule has 0 aliphatic rings. The average molecular weight is 504 g/mol. The molecule has 0 aliphatic heterocycles. The summed E-state index contributed by atoms with van der Waals surface area (Å²) in [5, 5.41) is 5.53. The van der Waals surface area contributed by atoms with Crippen molar-refractivity contribution in [1.82, 2.24) is 5.32 Å². The molecule has 4 rings (SSSR count). The fourth-order valence-electron chi connectivity index (χ4n) is 3.50. The lowest BCUT2D eigenvalue weighted by Gasteiger charge is -2.14. The van der Waals surface area contributed by atoms with Gasteiger partial charge in [0.25, 0.3) is 21.8 Å². The molecule has 184 valence electrons. The zero-order valence-electron chi connectivity index (χ0n) is 19.7. The van der Waals surface area contributed by atoms with Gasteiger partial charge in [-0.3, -0.25) is 14.3 Å². The third-order valence-corrected chi connectivity index (χ3v) is 6.87. The van der Waals surface area contributed by atoms with Gasteiger partial charge in [0.05, 0.1) is 34.6 Å². The van der Waals surface area contributed by atoms with E-state index in [0.29, 0.717) is 33.8 Å². The largest absolute Gasteiger partial charge is 0.467 e. The van der Waals surface area contributed by atoms with Crippen molar-refractivity contribution in [3.63, 3.8) is 0 Å². The average Bonchev–Trinajstić information content (AvgIpc) is 3.38. The molecule has 0 saturated heterocycles. The second-order valence-electron chi connectivity index (χ2n) is 8.21. The van der Waals surface area contributed by atoms with E-state index in [9.17, 15) is 18.0 Å². The van der Waals surface area contributed by atoms with E-state index >= 15 is 0 Å². The molecule has 0 unspecified atom stereocenters. The van der Waals surface area contributed by atoms with Crippen molar-refractivity contribution in [3.05, 3.63) is 113 Å². The number of nitrogens with one attached hydrogen (secondary N) is 3. The number of carbonyl (C=O) groups excluding carboxylic acids is 2. The van der Waals surface area contributed by atoms with Crippen LogP contribution in [0.5, 0.6) is 0 Å². The maximum atomic E-state index is 12.9. The Morgan fingerprint density at radius 1 is 0.833 bits per heavy atom. The van der Waals surface area contributed by atoms with Gasteiger partial charge in [-0.25, -0.2) is 8.42 Å². The van der Waals surface area contributed by atoms with Crippen molar-refractivity contribution in [2.45, 2.75) is 25.3 Å². The highest BCUT2D eigenvalue weighted by atomic mass is 32.2. The molecule has 4 aromatic rings. The number of anilines is 2. The predicted octanol–water partition coefficient (Wildman–Crippen LogP) is 4.88. The van der Waals surface area contributed by atoms with Crippen molar-refractivity contribution < 1.29 is 22.4 Å². The molecule has 0 spiro atoms. The molecule has 0 bridgehead atoms.